The largest absolute Gasteiger partial charge is 0.461 e. The number of aromatic nitrogens is 3. The Morgan fingerprint density at radius 3 is 3.00 bits per heavy atom. The molecule has 0 aromatic carbocycles. The number of nitrogens with zero attached hydrogens (tertiary/aromatic N) is 4. The SMILES string of the molecule is CC1C(NC(=O)c2cc3c(C#CCn4cccn4)coc3cn2)C2CCN1CC2. The van der Waals surface area contributed by atoms with Gasteiger partial charge < -0.3 is 9.73 Å². The van der Waals surface area contributed by atoms with E-state index in [1.54, 1.807) is 29.4 Å². The maximum absolute atomic E-state index is 12.9. The molecule has 3 aliphatic heterocycles. The minimum Gasteiger partial charge on any atom is -0.461 e. The predicted octanol–water partition coefficient (Wildman–Crippen LogP) is 2.29. The quantitative estimate of drug-likeness (QED) is 0.696. The summed E-state index contributed by atoms with van der Waals surface area (Å²) in [7, 11) is 0. The minimum atomic E-state index is -0.130. The van der Waals surface area contributed by atoms with Crippen LogP contribution in [0.3, 0.4) is 0 Å². The van der Waals surface area contributed by atoms with Crippen molar-refractivity contribution >= 4 is 16.9 Å². The fourth-order valence-electron chi connectivity index (χ4n) is 4.53. The summed E-state index contributed by atoms with van der Waals surface area (Å²) in [6, 6.07) is 4.19. The topological polar surface area (TPSA) is 76.2 Å². The summed E-state index contributed by atoms with van der Waals surface area (Å²) < 4.78 is 7.31. The summed E-state index contributed by atoms with van der Waals surface area (Å²) >= 11 is 0. The summed E-state index contributed by atoms with van der Waals surface area (Å²) in [6.07, 6.45) is 9.10. The fraction of sp³-hybridized carbons (Fsp3) is 0.409. The molecule has 148 valence electrons. The van der Waals surface area contributed by atoms with E-state index >= 15 is 0 Å². The first-order valence-corrected chi connectivity index (χ1v) is 10.1. The number of amides is 1. The molecule has 0 saturated carbocycles. The van der Waals surface area contributed by atoms with Gasteiger partial charge in [-0.25, -0.2) is 4.98 Å². The van der Waals surface area contributed by atoms with Gasteiger partial charge in [0.05, 0.1) is 11.8 Å². The highest BCUT2D eigenvalue weighted by Crippen LogP contribution is 2.32. The van der Waals surface area contributed by atoms with E-state index in [4.69, 9.17) is 4.42 Å². The number of pyridine rings is 1. The standard InChI is InChI=1S/C22H23N5O2/c1-15-21(16-5-10-26(15)11-6-16)25-22(28)19-12-18-17(14-29-20(18)13-23-19)4-2-8-27-9-3-7-24-27/h3,7,9,12-16,21H,5-6,8,10-11H2,1H3,(H,25,28). The summed E-state index contributed by atoms with van der Waals surface area (Å²) in [5.41, 5.74) is 1.78. The third-order valence-electron chi connectivity index (χ3n) is 6.19. The van der Waals surface area contributed by atoms with Gasteiger partial charge in [0.25, 0.3) is 5.91 Å². The lowest BCUT2D eigenvalue weighted by Gasteiger charge is -2.49. The second-order valence-corrected chi connectivity index (χ2v) is 7.83. The van der Waals surface area contributed by atoms with Crippen LogP contribution in [0.2, 0.25) is 0 Å². The van der Waals surface area contributed by atoms with Gasteiger partial charge in [0.15, 0.2) is 5.58 Å². The van der Waals surface area contributed by atoms with E-state index < -0.39 is 0 Å². The average Bonchev–Trinajstić information content (AvgIpc) is 3.41. The van der Waals surface area contributed by atoms with Crippen molar-refractivity contribution in [3.63, 3.8) is 0 Å². The van der Waals surface area contributed by atoms with Gasteiger partial charge in [-0.05, 0) is 50.9 Å². The number of furan rings is 1. The lowest BCUT2D eigenvalue weighted by Crippen LogP contribution is -2.62. The van der Waals surface area contributed by atoms with Crippen molar-refractivity contribution in [2.24, 2.45) is 5.92 Å². The number of fused-ring (bicyclic) bond motifs is 4. The summed E-state index contributed by atoms with van der Waals surface area (Å²) in [4.78, 5) is 19.7. The maximum atomic E-state index is 12.9. The van der Waals surface area contributed by atoms with Gasteiger partial charge in [-0.3, -0.25) is 14.4 Å². The molecular weight excluding hydrogens is 366 g/mol. The third kappa shape index (κ3) is 3.40. The Morgan fingerprint density at radius 2 is 2.24 bits per heavy atom. The van der Waals surface area contributed by atoms with Crippen molar-refractivity contribution in [3.05, 3.63) is 48.2 Å². The van der Waals surface area contributed by atoms with Gasteiger partial charge in [-0.1, -0.05) is 11.8 Å². The van der Waals surface area contributed by atoms with Crippen LogP contribution in [0.1, 0.15) is 35.8 Å². The van der Waals surface area contributed by atoms with Crippen LogP contribution in [0.5, 0.6) is 0 Å². The van der Waals surface area contributed by atoms with E-state index in [0.29, 0.717) is 29.8 Å². The molecule has 6 heterocycles. The molecule has 29 heavy (non-hydrogen) atoms. The molecule has 3 saturated heterocycles. The van der Waals surface area contributed by atoms with Gasteiger partial charge in [-0.15, -0.1) is 0 Å². The van der Waals surface area contributed by atoms with E-state index in [2.05, 4.69) is 39.1 Å². The number of piperidine rings is 3. The first-order chi connectivity index (χ1) is 14.2. The van der Waals surface area contributed by atoms with Crippen LogP contribution in [0.25, 0.3) is 11.0 Å². The van der Waals surface area contributed by atoms with Crippen LogP contribution >= 0.6 is 0 Å². The summed E-state index contributed by atoms with van der Waals surface area (Å²) in [6.45, 7) is 4.97. The van der Waals surface area contributed by atoms with E-state index in [0.717, 1.165) is 36.9 Å². The number of nitrogens with one attached hydrogen (secondary N) is 1. The first-order valence-electron chi connectivity index (χ1n) is 10.1. The van der Waals surface area contributed by atoms with Crippen molar-refractivity contribution in [3.8, 4) is 11.8 Å². The molecule has 2 atom stereocenters. The molecule has 3 aromatic heterocycles. The Hall–Kier alpha value is -3.11. The number of rotatable bonds is 3. The van der Waals surface area contributed by atoms with Crippen molar-refractivity contribution < 1.29 is 9.21 Å². The van der Waals surface area contributed by atoms with Crippen molar-refractivity contribution in [1.29, 1.82) is 0 Å². The Kier molecular flexibility index (Phi) is 4.57. The van der Waals surface area contributed by atoms with E-state index in [1.807, 2.05) is 12.3 Å². The zero-order chi connectivity index (χ0) is 19.8. The summed E-state index contributed by atoms with van der Waals surface area (Å²) in [5, 5.41) is 8.18. The molecule has 2 bridgehead atoms. The molecule has 6 rings (SSSR count). The van der Waals surface area contributed by atoms with Crippen molar-refractivity contribution in [2.75, 3.05) is 13.1 Å². The second-order valence-electron chi connectivity index (χ2n) is 7.83. The summed E-state index contributed by atoms with van der Waals surface area (Å²) in [5.74, 6) is 6.62. The molecule has 3 aliphatic rings. The highest BCUT2D eigenvalue weighted by Gasteiger charge is 2.40. The third-order valence-corrected chi connectivity index (χ3v) is 6.19. The number of hydrogen-bond acceptors (Lipinski definition) is 5. The maximum Gasteiger partial charge on any atom is 0.270 e. The van der Waals surface area contributed by atoms with Gasteiger partial charge in [0.2, 0.25) is 0 Å². The Bertz CT molecular complexity index is 1080. The van der Waals surface area contributed by atoms with Gasteiger partial charge in [-0.2, -0.15) is 5.10 Å². The molecule has 1 amide bonds. The molecule has 0 spiro atoms. The molecule has 7 heteroatoms. The van der Waals surface area contributed by atoms with E-state index in [9.17, 15) is 4.79 Å². The van der Waals surface area contributed by atoms with Crippen LogP contribution in [-0.2, 0) is 6.54 Å². The highest BCUT2D eigenvalue weighted by atomic mass is 16.3. The molecule has 2 unspecified atom stereocenters. The monoisotopic (exact) mass is 389 g/mol. The predicted molar refractivity (Wildman–Crippen MR) is 108 cm³/mol. The Morgan fingerprint density at radius 1 is 1.38 bits per heavy atom. The van der Waals surface area contributed by atoms with Gasteiger partial charge in [0, 0.05) is 29.9 Å². The van der Waals surface area contributed by atoms with E-state index in [-0.39, 0.29) is 11.9 Å². The molecule has 0 radical (unpaired) electrons. The molecule has 0 aliphatic carbocycles. The Balaban J connectivity index is 1.35. The molecule has 7 nitrogen and oxygen atoms in total. The Labute approximate surface area is 169 Å². The highest BCUT2D eigenvalue weighted by molar-refractivity contribution is 5.97. The van der Waals surface area contributed by atoms with E-state index in [1.165, 1.54) is 0 Å². The smallest absolute Gasteiger partial charge is 0.270 e. The van der Waals surface area contributed by atoms with Crippen LogP contribution in [0.4, 0.5) is 0 Å². The average molecular weight is 389 g/mol. The second kappa shape index (κ2) is 7.37. The van der Waals surface area contributed by atoms with Crippen molar-refractivity contribution in [2.45, 2.75) is 38.4 Å². The van der Waals surface area contributed by atoms with Crippen LogP contribution in [0, 0.1) is 17.8 Å². The minimum absolute atomic E-state index is 0.130. The number of carbonyl (C=O) groups excluding carboxylic acids is 1. The lowest BCUT2D eigenvalue weighted by atomic mass is 9.79. The molecule has 3 fully saturated rings. The van der Waals surface area contributed by atoms with Gasteiger partial charge >= 0.3 is 0 Å². The zero-order valence-electron chi connectivity index (χ0n) is 16.3. The molecular formula is C22H23N5O2. The molecule has 3 aromatic rings. The van der Waals surface area contributed by atoms with Crippen LogP contribution < -0.4 is 5.32 Å². The number of carbonyl (C=O) groups is 1. The van der Waals surface area contributed by atoms with Crippen LogP contribution in [-0.4, -0.2) is 50.7 Å². The zero-order valence-corrected chi connectivity index (χ0v) is 16.3. The van der Waals surface area contributed by atoms with Gasteiger partial charge in [0.1, 0.15) is 18.5 Å². The number of hydrogen-bond donors (Lipinski definition) is 1. The normalized spacial score (nSPS) is 25.6. The van der Waals surface area contributed by atoms with Crippen LogP contribution in [0.15, 0.2) is 41.4 Å². The molecule has 1 N–H and O–H groups in total. The fourth-order valence-corrected chi connectivity index (χ4v) is 4.53. The van der Waals surface area contributed by atoms with Crippen molar-refractivity contribution in [1.82, 2.24) is 25.0 Å². The first kappa shape index (κ1) is 18.0. The lowest BCUT2D eigenvalue weighted by molar-refractivity contribution is 0.0216.